The van der Waals surface area contributed by atoms with Crippen LogP contribution in [0.4, 0.5) is 6.01 Å². The molecule has 0 fully saturated rings. The average molecular weight is 361 g/mol. The normalized spacial score (nSPS) is 11.6. The Balaban J connectivity index is 1.80. The van der Waals surface area contributed by atoms with Crippen LogP contribution >= 0.6 is 0 Å². The molecule has 3 rings (SSSR count). The Kier molecular flexibility index (Phi) is 4.41. The first-order valence-electron chi connectivity index (χ1n) is 7.40. The number of anilines is 1. The molecule has 9 heteroatoms. The summed E-state index contributed by atoms with van der Waals surface area (Å²) in [7, 11) is -3.48. The molecule has 0 unspecified atom stereocenters. The minimum atomic E-state index is -3.48. The van der Waals surface area contributed by atoms with Crippen LogP contribution in [-0.4, -0.2) is 29.8 Å². The van der Waals surface area contributed by atoms with Gasteiger partial charge in [-0.2, -0.15) is 0 Å². The van der Waals surface area contributed by atoms with Gasteiger partial charge in [-0.25, -0.2) is 8.42 Å². The van der Waals surface area contributed by atoms with E-state index < -0.39 is 21.0 Å². The molecule has 2 aromatic heterocycles. The van der Waals surface area contributed by atoms with E-state index in [0.717, 1.165) is 0 Å². The van der Waals surface area contributed by atoms with Crippen LogP contribution in [0.2, 0.25) is 0 Å². The Morgan fingerprint density at radius 2 is 1.96 bits per heavy atom. The van der Waals surface area contributed by atoms with Crippen LogP contribution in [0.5, 0.6) is 0 Å². The maximum atomic E-state index is 12.3. The lowest BCUT2D eigenvalue weighted by Crippen LogP contribution is -2.16. The van der Waals surface area contributed by atoms with Gasteiger partial charge >= 0.3 is 6.01 Å². The summed E-state index contributed by atoms with van der Waals surface area (Å²) in [5.41, 5.74) is 0.166. The van der Waals surface area contributed by atoms with Crippen molar-refractivity contribution in [3.8, 4) is 11.7 Å². The second-order valence-corrected chi connectivity index (χ2v) is 7.97. The maximum absolute atomic E-state index is 12.3. The number of nitrogens with zero attached hydrogens (tertiary/aromatic N) is 2. The number of amides is 1. The maximum Gasteiger partial charge on any atom is 0.322 e. The molecule has 3 aromatic rings. The van der Waals surface area contributed by atoms with Gasteiger partial charge in [0.25, 0.3) is 11.8 Å². The summed E-state index contributed by atoms with van der Waals surface area (Å²) in [5.74, 6) is -0.0649. The summed E-state index contributed by atoms with van der Waals surface area (Å²) in [4.78, 5) is 12.4. The highest BCUT2D eigenvalue weighted by Gasteiger charge is 2.21. The molecule has 0 aliphatic rings. The fourth-order valence-corrected chi connectivity index (χ4v) is 3.13. The Morgan fingerprint density at radius 3 is 2.64 bits per heavy atom. The van der Waals surface area contributed by atoms with E-state index in [-0.39, 0.29) is 22.4 Å². The van der Waals surface area contributed by atoms with Crippen molar-refractivity contribution in [3.05, 3.63) is 48.2 Å². The van der Waals surface area contributed by atoms with E-state index in [0.29, 0.717) is 5.76 Å². The Labute approximate surface area is 143 Å². The van der Waals surface area contributed by atoms with Crippen molar-refractivity contribution in [3.63, 3.8) is 0 Å². The lowest BCUT2D eigenvalue weighted by Gasteiger charge is -2.09. The minimum Gasteiger partial charge on any atom is -0.459 e. The zero-order chi connectivity index (χ0) is 18.0. The fourth-order valence-electron chi connectivity index (χ4n) is 2.03. The van der Waals surface area contributed by atoms with E-state index in [1.165, 1.54) is 30.5 Å². The highest BCUT2D eigenvalue weighted by molar-refractivity contribution is 7.92. The van der Waals surface area contributed by atoms with Crippen molar-refractivity contribution in [1.82, 2.24) is 10.2 Å². The molecule has 0 spiro atoms. The van der Waals surface area contributed by atoms with Crippen LogP contribution < -0.4 is 5.32 Å². The summed E-state index contributed by atoms with van der Waals surface area (Å²) < 4.78 is 34.8. The van der Waals surface area contributed by atoms with Crippen LogP contribution in [0, 0.1) is 0 Å². The molecule has 0 aliphatic heterocycles. The fraction of sp³-hybridized carbons (Fsp3) is 0.188. The summed E-state index contributed by atoms with van der Waals surface area (Å²) >= 11 is 0. The molecule has 0 aliphatic carbocycles. The lowest BCUT2D eigenvalue weighted by molar-refractivity contribution is 0.102. The van der Waals surface area contributed by atoms with Gasteiger partial charge in [0, 0.05) is 5.56 Å². The minimum absolute atomic E-state index is 0.0805. The van der Waals surface area contributed by atoms with Crippen molar-refractivity contribution in [2.24, 2.45) is 0 Å². The van der Waals surface area contributed by atoms with Gasteiger partial charge in [0.05, 0.1) is 16.4 Å². The highest BCUT2D eigenvalue weighted by atomic mass is 32.2. The number of benzene rings is 1. The second kappa shape index (κ2) is 6.52. The molecule has 0 radical (unpaired) electrons. The van der Waals surface area contributed by atoms with Crippen molar-refractivity contribution in [1.29, 1.82) is 0 Å². The Hall–Kier alpha value is -2.94. The Morgan fingerprint density at radius 1 is 1.16 bits per heavy atom. The summed E-state index contributed by atoms with van der Waals surface area (Å²) in [6.45, 7) is 3.16. The number of rotatable bonds is 5. The molecular weight excluding hydrogens is 346 g/mol. The largest absolute Gasteiger partial charge is 0.459 e. The van der Waals surface area contributed by atoms with Crippen molar-refractivity contribution >= 4 is 21.8 Å². The molecule has 0 saturated carbocycles. The molecule has 2 heterocycles. The molecule has 0 atom stereocenters. The van der Waals surface area contributed by atoms with Gasteiger partial charge in [-0.1, -0.05) is 11.2 Å². The summed E-state index contributed by atoms with van der Waals surface area (Å²) in [5, 5.41) is 9.32. The van der Waals surface area contributed by atoms with Crippen molar-refractivity contribution in [2.45, 2.75) is 24.0 Å². The smallest absolute Gasteiger partial charge is 0.322 e. The summed E-state index contributed by atoms with van der Waals surface area (Å²) in [6, 6.07) is 8.96. The van der Waals surface area contributed by atoms with E-state index in [2.05, 4.69) is 15.5 Å². The van der Waals surface area contributed by atoms with Gasteiger partial charge in [-0.05, 0) is 44.2 Å². The van der Waals surface area contributed by atoms with Crippen molar-refractivity contribution in [2.75, 3.05) is 5.32 Å². The average Bonchev–Trinajstić information content (AvgIpc) is 3.26. The van der Waals surface area contributed by atoms with Gasteiger partial charge < -0.3 is 8.83 Å². The number of carbonyl (C=O) groups is 1. The van der Waals surface area contributed by atoms with E-state index in [1.54, 1.807) is 26.0 Å². The molecule has 1 N–H and O–H groups in total. The topological polar surface area (TPSA) is 115 Å². The van der Waals surface area contributed by atoms with Gasteiger partial charge in [0.15, 0.2) is 15.6 Å². The predicted molar refractivity (Wildman–Crippen MR) is 88.7 cm³/mol. The molecule has 0 bridgehead atoms. The molecule has 0 saturated heterocycles. The number of aromatic nitrogens is 2. The van der Waals surface area contributed by atoms with E-state index in [9.17, 15) is 13.2 Å². The van der Waals surface area contributed by atoms with Crippen LogP contribution in [0.15, 0.2) is 56.4 Å². The van der Waals surface area contributed by atoms with Gasteiger partial charge in [0.1, 0.15) is 0 Å². The lowest BCUT2D eigenvalue weighted by atomic mass is 10.2. The SMILES string of the molecule is CC(C)S(=O)(=O)c1cccc(C(=O)Nc2nnc(-c3ccco3)o2)c1. The molecule has 1 amide bonds. The molecule has 8 nitrogen and oxygen atoms in total. The van der Waals surface area contributed by atoms with E-state index >= 15 is 0 Å². The first-order chi connectivity index (χ1) is 11.9. The van der Waals surface area contributed by atoms with Crippen LogP contribution in [0.25, 0.3) is 11.7 Å². The number of furan rings is 1. The third-order valence-electron chi connectivity index (χ3n) is 3.42. The quantitative estimate of drug-likeness (QED) is 0.743. The Bertz CT molecular complexity index is 990. The first-order valence-corrected chi connectivity index (χ1v) is 8.95. The van der Waals surface area contributed by atoms with Gasteiger partial charge in [0.2, 0.25) is 0 Å². The standard InChI is InChI=1S/C16H15N3O5S/c1-10(2)25(21,22)12-6-3-5-11(9-12)14(20)17-16-19-18-15(24-16)13-7-4-8-23-13/h3-10H,1-2H3,(H,17,19,20). The molecular formula is C16H15N3O5S. The first kappa shape index (κ1) is 16.9. The molecule has 25 heavy (non-hydrogen) atoms. The third-order valence-corrected chi connectivity index (χ3v) is 5.57. The number of nitrogens with one attached hydrogen (secondary N) is 1. The van der Waals surface area contributed by atoms with Crippen molar-refractivity contribution < 1.29 is 22.0 Å². The zero-order valence-electron chi connectivity index (χ0n) is 13.5. The van der Waals surface area contributed by atoms with Crippen LogP contribution in [0.3, 0.4) is 0 Å². The van der Waals surface area contributed by atoms with E-state index in [1.807, 2.05) is 0 Å². The van der Waals surface area contributed by atoms with Crippen LogP contribution in [0.1, 0.15) is 24.2 Å². The number of sulfone groups is 1. The number of carbonyl (C=O) groups excluding carboxylic acids is 1. The molecule has 130 valence electrons. The number of hydrogen-bond acceptors (Lipinski definition) is 7. The predicted octanol–water partition coefficient (Wildman–Crippen LogP) is 2.76. The second-order valence-electron chi connectivity index (χ2n) is 5.47. The van der Waals surface area contributed by atoms with Crippen LogP contribution in [-0.2, 0) is 9.84 Å². The molecule has 1 aromatic carbocycles. The third kappa shape index (κ3) is 3.45. The monoisotopic (exact) mass is 361 g/mol. The zero-order valence-corrected chi connectivity index (χ0v) is 14.3. The van der Waals surface area contributed by atoms with E-state index in [4.69, 9.17) is 8.83 Å². The van der Waals surface area contributed by atoms with Gasteiger partial charge in [-0.15, -0.1) is 5.10 Å². The van der Waals surface area contributed by atoms with Gasteiger partial charge in [-0.3, -0.25) is 10.1 Å². The highest BCUT2D eigenvalue weighted by Crippen LogP contribution is 2.21. The summed E-state index contributed by atoms with van der Waals surface area (Å²) in [6.07, 6.45) is 1.46. The number of hydrogen-bond donors (Lipinski definition) is 1.